The Hall–Kier alpha value is -1.86. The molecule has 2 saturated carbocycles. The molecule has 2 aliphatic carbocycles. The summed E-state index contributed by atoms with van der Waals surface area (Å²) >= 11 is 0. The minimum Gasteiger partial charge on any atom is -0.378 e. The quantitative estimate of drug-likeness (QED) is 0.815. The van der Waals surface area contributed by atoms with Gasteiger partial charge in [0.2, 0.25) is 0 Å². The average Bonchev–Trinajstić information content (AvgIpc) is 2.65. The summed E-state index contributed by atoms with van der Waals surface area (Å²) in [6.07, 6.45) is 7.66. The summed E-state index contributed by atoms with van der Waals surface area (Å²) in [5, 5.41) is 8.88. The number of benzene rings is 1. The first-order valence-corrected chi connectivity index (χ1v) is 9.47. The first-order valence-electron chi connectivity index (χ1n) is 9.47. The van der Waals surface area contributed by atoms with E-state index in [1.165, 1.54) is 19.3 Å². The highest BCUT2D eigenvalue weighted by Crippen LogP contribution is 2.55. The molecule has 2 aliphatic rings. The van der Waals surface area contributed by atoms with E-state index in [1.807, 2.05) is 36.2 Å². The molecule has 2 fully saturated rings. The van der Waals surface area contributed by atoms with Crippen LogP contribution in [0.2, 0.25) is 0 Å². The summed E-state index contributed by atoms with van der Waals surface area (Å²) in [4.78, 5) is 15.0. The Labute approximate surface area is 150 Å². The summed E-state index contributed by atoms with van der Waals surface area (Å²) in [6.45, 7) is 2.80. The Bertz CT molecular complexity index is 658. The van der Waals surface area contributed by atoms with E-state index >= 15 is 0 Å². The average molecular weight is 340 g/mol. The van der Waals surface area contributed by atoms with Crippen LogP contribution in [0.5, 0.6) is 0 Å². The van der Waals surface area contributed by atoms with E-state index in [0.717, 1.165) is 31.4 Å². The third kappa shape index (κ3) is 3.30. The van der Waals surface area contributed by atoms with Gasteiger partial charge in [-0.25, -0.2) is 0 Å². The number of hydrogen-bond donors (Lipinski definition) is 0. The molecule has 3 rings (SSSR count). The molecule has 134 valence electrons. The molecule has 0 saturated heterocycles. The Morgan fingerprint density at radius 1 is 1.36 bits per heavy atom. The van der Waals surface area contributed by atoms with Crippen molar-refractivity contribution < 1.29 is 9.53 Å². The molecule has 0 aromatic heterocycles. The van der Waals surface area contributed by atoms with Gasteiger partial charge in [0.05, 0.1) is 18.6 Å². The van der Waals surface area contributed by atoms with Crippen LogP contribution in [0.4, 0.5) is 0 Å². The molecular weight excluding hydrogens is 312 g/mol. The zero-order valence-corrected chi connectivity index (χ0v) is 15.3. The van der Waals surface area contributed by atoms with E-state index in [1.54, 1.807) is 0 Å². The summed E-state index contributed by atoms with van der Waals surface area (Å²) < 4.78 is 6.01. The molecule has 1 aromatic carbocycles. The van der Waals surface area contributed by atoms with Gasteiger partial charge < -0.3 is 9.64 Å². The van der Waals surface area contributed by atoms with Crippen LogP contribution in [0.1, 0.15) is 61.4 Å². The largest absolute Gasteiger partial charge is 0.378 e. The fourth-order valence-electron chi connectivity index (χ4n) is 4.82. The number of rotatable bonds is 5. The maximum absolute atomic E-state index is 13.0. The lowest BCUT2D eigenvalue weighted by Gasteiger charge is -2.60. The lowest BCUT2D eigenvalue weighted by atomic mass is 9.54. The van der Waals surface area contributed by atoms with Gasteiger partial charge >= 0.3 is 0 Å². The predicted molar refractivity (Wildman–Crippen MR) is 97.2 cm³/mol. The second-order valence-electron chi connectivity index (χ2n) is 7.44. The predicted octanol–water partition coefficient (Wildman–Crippen LogP) is 3.95. The van der Waals surface area contributed by atoms with Gasteiger partial charge in [-0.05, 0) is 43.9 Å². The maximum atomic E-state index is 13.0. The zero-order chi connectivity index (χ0) is 17.9. The van der Waals surface area contributed by atoms with Crippen LogP contribution in [-0.4, -0.2) is 36.6 Å². The standard InChI is InChI=1S/C21H28N2O2/c1-3-25-19-15-18(21(19)11-5-4-6-12-21)23(2)20(24)17-9-7-8-16(14-17)10-13-22/h7-9,14,18-19H,3-6,10-12,15H2,1-2H3. The molecular formula is C21H28N2O2. The minimum atomic E-state index is 0.0599. The Kier molecular flexibility index (Phi) is 5.44. The normalized spacial score (nSPS) is 24.4. The van der Waals surface area contributed by atoms with E-state index in [-0.39, 0.29) is 17.4 Å². The van der Waals surface area contributed by atoms with E-state index in [2.05, 4.69) is 13.0 Å². The van der Waals surface area contributed by atoms with Crippen molar-refractivity contribution in [1.29, 1.82) is 5.26 Å². The fraction of sp³-hybridized carbons (Fsp3) is 0.619. The van der Waals surface area contributed by atoms with Crippen LogP contribution in [0.3, 0.4) is 0 Å². The highest BCUT2D eigenvalue weighted by molar-refractivity contribution is 5.94. The molecule has 0 heterocycles. The highest BCUT2D eigenvalue weighted by Gasteiger charge is 2.57. The Balaban J connectivity index is 1.77. The molecule has 2 atom stereocenters. The van der Waals surface area contributed by atoms with Gasteiger partial charge in [0.25, 0.3) is 5.91 Å². The maximum Gasteiger partial charge on any atom is 0.253 e. The molecule has 4 heteroatoms. The van der Waals surface area contributed by atoms with Gasteiger partial charge in [0.1, 0.15) is 0 Å². The molecule has 1 amide bonds. The van der Waals surface area contributed by atoms with Gasteiger partial charge in [-0.1, -0.05) is 31.4 Å². The molecule has 0 radical (unpaired) electrons. The molecule has 0 bridgehead atoms. The zero-order valence-electron chi connectivity index (χ0n) is 15.3. The van der Waals surface area contributed by atoms with Crippen LogP contribution in [-0.2, 0) is 11.2 Å². The van der Waals surface area contributed by atoms with Crippen molar-refractivity contribution in [3.05, 3.63) is 35.4 Å². The van der Waals surface area contributed by atoms with Crippen LogP contribution in [0, 0.1) is 16.7 Å². The van der Waals surface area contributed by atoms with Crippen LogP contribution in [0.15, 0.2) is 24.3 Å². The van der Waals surface area contributed by atoms with E-state index in [4.69, 9.17) is 10.00 Å². The molecule has 0 N–H and O–H groups in total. The Morgan fingerprint density at radius 2 is 2.12 bits per heavy atom. The molecule has 4 nitrogen and oxygen atoms in total. The number of carbonyl (C=O) groups is 1. The van der Waals surface area contributed by atoms with E-state index in [9.17, 15) is 4.79 Å². The van der Waals surface area contributed by atoms with Crippen LogP contribution < -0.4 is 0 Å². The van der Waals surface area contributed by atoms with Crippen molar-refractivity contribution in [2.24, 2.45) is 5.41 Å². The van der Waals surface area contributed by atoms with Gasteiger partial charge in [-0.15, -0.1) is 0 Å². The second-order valence-corrected chi connectivity index (χ2v) is 7.44. The molecule has 25 heavy (non-hydrogen) atoms. The first-order chi connectivity index (χ1) is 12.1. The number of amides is 1. The van der Waals surface area contributed by atoms with E-state index in [0.29, 0.717) is 18.1 Å². The number of hydrogen-bond acceptors (Lipinski definition) is 3. The SMILES string of the molecule is CCOC1CC(N(C)C(=O)c2cccc(CC#N)c2)C12CCCCC2. The molecule has 2 unspecified atom stereocenters. The van der Waals surface area contributed by atoms with Crippen LogP contribution in [0.25, 0.3) is 0 Å². The smallest absolute Gasteiger partial charge is 0.253 e. The van der Waals surface area contributed by atoms with E-state index < -0.39 is 0 Å². The van der Waals surface area contributed by atoms with Crippen LogP contribution >= 0.6 is 0 Å². The first kappa shape index (κ1) is 17.9. The van der Waals surface area contributed by atoms with Crippen molar-refractivity contribution in [3.8, 4) is 6.07 Å². The number of carbonyl (C=O) groups excluding carboxylic acids is 1. The van der Waals surface area contributed by atoms with Gasteiger partial charge in [-0.2, -0.15) is 5.26 Å². The van der Waals surface area contributed by atoms with Gasteiger partial charge in [0, 0.05) is 30.7 Å². The fourth-order valence-corrected chi connectivity index (χ4v) is 4.82. The van der Waals surface area contributed by atoms with Crippen molar-refractivity contribution in [2.75, 3.05) is 13.7 Å². The van der Waals surface area contributed by atoms with Crippen molar-refractivity contribution in [2.45, 2.75) is 64.0 Å². The Morgan fingerprint density at radius 3 is 2.80 bits per heavy atom. The van der Waals surface area contributed by atoms with Crippen molar-refractivity contribution >= 4 is 5.91 Å². The number of ether oxygens (including phenoxy) is 1. The minimum absolute atomic E-state index is 0.0599. The third-order valence-corrected chi connectivity index (χ3v) is 6.14. The molecule has 1 spiro atoms. The monoisotopic (exact) mass is 340 g/mol. The summed E-state index contributed by atoms with van der Waals surface area (Å²) in [5.74, 6) is 0.0599. The second kappa shape index (κ2) is 7.58. The molecule has 1 aromatic rings. The van der Waals surface area contributed by atoms with Crippen molar-refractivity contribution in [1.82, 2.24) is 4.90 Å². The highest BCUT2D eigenvalue weighted by atomic mass is 16.5. The number of nitrogens with zero attached hydrogens (tertiary/aromatic N) is 2. The van der Waals surface area contributed by atoms with Gasteiger partial charge in [-0.3, -0.25) is 4.79 Å². The number of nitriles is 1. The topological polar surface area (TPSA) is 53.3 Å². The van der Waals surface area contributed by atoms with Crippen molar-refractivity contribution in [3.63, 3.8) is 0 Å². The lowest BCUT2D eigenvalue weighted by molar-refractivity contribution is -0.170. The third-order valence-electron chi connectivity index (χ3n) is 6.14. The summed E-state index contributed by atoms with van der Waals surface area (Å²) in [5.41, 5.74) is 1.72. The van der Waals surface area contributed by atoms with Gasteiger partial charge in [0.15, 0.2) is 0 Å². The lowest BCUT2D eigenvalue weighted by Crippen LogP contribution is -2.65. The summed E-state index contributed by atoms with van der Waals surface area (Å²) in [6, 6.07) is 9.89. The molecule has 0 aliphatic heterocycles. The summed E-state index contributed by atoms with van der Waals surface area (Å²) in [7, 11) is 1.93.